The monoisotopic (exact) mass is 1040 g/mol. The van der Waals surface area contributed by atoms with E-state index in [-0.39, 0.29) is 23.3 Å². The summed E-state index contributed by atoms with van der Waals surface area (Å²) in [4.78, 5) is -9.44. The molecule has 0 fully saturated rings. The fraction of sp³-hybridized carbons (Fsp3) is 0. The highest BCUT2D eigenvalue weighted by molar-refractivity contribution is 7.93. The van der Waals surface area contributed by atoms with Gasteiger partial charge in [-0.2, -0.15) is 0 Å². The molecule has 0 aromatic heterocycles. The first kappa shape index (κ1) is 48.3. The first-order chi connectivity index (χ1) is 29.0. The molecule has 32 heteroatoms. The van der Waals surface area contributed by atoms with Crippen LogP contribution in [0.25, 0.3) is 32.7 Å². The van der Waals surface area contributed by atoms with Gasteiger partial charge in [0.2, 0.25) is 0 Å². The Morgan fingerprint density at radius 1 is 0.297 bits per heavy atom. The molecule has 6 aromatic carbocycles. The molecule has 64 heavy (non-hydrogen) atoms. The number of hydrogen-bond acceptors (Lipinski definition) is 22. The normalized spacial score (nSPS) is 13.5. The second-order valence-electron chi connectivity index (χ2n) is 13.0. The molecular formula is C32H18N2O22S8-6. The second-order valence-corrected chi connectivity index (χ2v) is 24.5. The van der Waals surface area contributed by atoms with Gasteiger partial charge >= 0.3 is 0 Å². The highest BCUT2D eigenvalue weighted by Gasteiger charge is 2.25. The van der Waals surface area contributed by atoms with Crippen LogP contribution in [0.2, 0.25) is 0 Å². The number of fused-ring (bicyclic) bond motifs is 2. The van der Waals surface area contributed by atoms with Crippen molar-refractivity contribution in [2.75, 3.05) is 9.44 Å². The summed E-state index contributed by atoms with van der Waals surface area (Å²) in [5.41, 5.74) is -1.74. The lowest BCUT2D eigenvalue weighted by molar-refractivity contribution is 0.457. The molecule has 0 heterocycles. The standard InChI is InChI=1S/C32H24N2O22S8/c35-57(36,33-27-13-23(59(39,40)41)9-19-11-25(61(45,46)47)15-29(31(19)27)63(51,52)53)21-5-1-17(2-6-21)18-3-7-22(8-4-18)58(37,38)34-28-14-24(60(42,43)44)10-20-12-26(62(48,49)50)16-30(32(20)28)64(54,55)56/h1-16,33-34H,(H,39,40,41)(H,42,43,44)(H,45,46,47)(H,48,49,50)(H,51,52,53)(H,54,55,56)/p-6. The Balaban J connectivity index is 1.36. The Hall–Kier alpha value is -5.20. The average molecular weight is 1040 g/mol. The molecule has 0 aliphatic rings. The molecular weight excluding hydrogens is 1020 g/mol. The van der Waals surface area contributed by atoms with E-state index >= 15 is 0 Å². The van der Waals surface area contributed by atoms with E-state index in [4.69, 9.17) is 0 Å². The maximum Gasteiger partial charge on any atom is 0.261 e. The van der Waals surface area contributed by atoms with Crippen LogP contribution in [-0.2, 0) is 80.8 Å². The Morgan fingerprint density at radius 2 is 0.547 bits per heavy atom. The van der Waals surface area contributed by atoms with Gasteiger partial charge in [-0.25, -0.2) is 67.3 Å². The maximum atomic E-state index is 13.5. The van der Waals surface area contributed by atoms with Crippen LogP contribution in [0.4, 0.5) is 11.4 Å². The molecule has 0 spiro atoms. The number of sulfonamides is 2. The zero-order chi connectivity index (χ0) is 48.0. The fourth-order valence-corrected chi connectivity index (χ4v) is 11.9. The smallest absolute Gasteiger partial charge is 0.261 e. The summed E-state index contributed by atoms with van der Waals surface area (Å²) < 4.78 is 272. The van der Waals surface area contributed by atoms with Crippen molar-refractivity contribution >= 4 is 114 Å². The predicted molar refractivity (Wildman–Crippen MR) is 209 cm³/mol. The summed E-state index contributed by atoms with van der Waals surface area (Å²) >= 11 is 0. The third-order valence-electron chi connectivity index (χ3n) is 8.76. The van der Waals surface area contributed by atoms with Crippen molar-refractivity contribution in [2.24, 2.45) is 0 Å². The van der Waals surface area contributed by atoms with Crippen molar-refractivity contribution in [3.05, 3.63) is 97.1 Å². The fourth-order valence-electron chi connectivity index (χ4n) is 6.04. The van der Waals surface area contributed by atoms with Crippen LogP contribution in [0.5, 0.6) is 0 Å². The highest BCUT2D eigenvalue weighted by Crippen LogP contribution is 2.38. The number of hydrogen-bond donors (Lipinski definition) is 2. The van der Waals surface area contributed by atoms with Crippen LogP contribution in [0.15, 0.2) is 136 Å². The molecule has 2 N–H and O–H groups in total. The minimum Gasteiger partial charge on any atom is -0.744 e. The highest BCUT2D eigenvalue weighted by atomic mass is 32.2. The van der Waals surface area contributed by atoms with Gasteiger partial charge in [0.05, 0.1) is 50.5 Å². The van der Waals surface area contributed by atoms with Gasteiger partial charge in [0.1, 0.15) is 60.7 Å². The number of benzene rings is 6. The molecule has 0 radical (unpaired) electrons. The van der Waals surface area contributed by atoms with Gasteiger partial charge in [0.25, 0.3) is 20.0 Å². The van der Waals surface area contributed by atoms with Gasteiger partial charge in [-0.1, -0.05) is 24.3 Å². The predicted octanol–water partition coefficient (Wildman–Crippen LogP) is 0.686. The van der Waals surface area contributed by atoms with Gasteiger partial charge in [-0.3, -0.25) is 9.44 Å². The minimum absolute atomic E-state index is 0.109. The molecule has 6 aromatic rings. The van der Waals surface area contributed by atoms with Crippen molar-refractivity contribution in [3.8, 4) is 11.1 Å². The molecule has 0 atom stereocenters. The molecule has 24 nitrogen and oxygen atoms in total. The summed E-state index contributed by atoms with van der Waals surface area (Å²) in [7, 11) is -43.4. The summed E-state index contributed by atoms with van der Waals surface area (Å²) in [5.74, 6) is 0. The van der Waals surface area contributed by atoms with Crippen LogP contribution in [0.1, 0.15) is 0 Å². The van der Waals surface area contributed by atoms with Crippen molar-refractivity contribution in [3.63, 3.8) is 0 Å². The van der Waals surface area contributed by atoms with E-state index in [1.165, 1.54) is 0 Å². The van der Waals surface area contributed by atoms with Crippen molar-refractivity contribution in [1.29, 1.82) is 0 Å². The molecule has 342 valence electrons. The molecule has 0 saturated heterocycles. The number of anilines is 2. The van der Waals surface area contributed by atoms with E-state index < -0.39 is 153 Å². The van der Waals surface area contributed by atoms with E-state index in [0.717, 1.165) is 48.5 Å². The molecule has 0 amide bonds. The quantitative estimate of drug-likeness (QED) is 0.150. The summed E-state index contributed by atoms with van der Waals surface area (Å²) in [6, 6.07) is 10.7. The summed E-state index contributed by atoms with van der Waals surface area (Å²) in [6.45, 7) is 0. The SMILES string of the molecule is O=S(=O)([O-])c1cc(NS(=O)(=O)c2ccc(-c3ccc(S(=O)(=O)Nc4cc(S(=O)(=O)[O-])cc5cc(S(=O)(=O)[O-])cc(S(=O)(=O)[O-])c45)cc3)cc2)c2c(S(=O)(=O)[O-])cc(S(=O)(=O)[O-])cc2c1. The zero-order valence-electron chi connectivity index (χ0n) is 30.5. The van der Waals surface area contributed by atoms with Crippen LogP contribution >= 0.6 is 0 Å². The summed E-state index contributed by atoms with van der Waals surface area (Å²) in [6.07, 6.45) is 0. The molecule has 0 aliphatic carbocycles. The van der Waals surface area contributed by atoms with Crippen molar-refractivity contribution in [1.82, 2.24) is 0 Å². The lowest BCUT2D eigenvalue weighted by Crippen LogP contribution is -2.15. The van der Waals surface area contributed by atoms with Crippen LogP contribution in [-0.4, -0.2) is 94.7 Å². The van der Waals surface area contributed by atoms with Gasteiger partial charge < -0.3 is 27.3 Å². The van der Waals surface area contributed by atoms with Crippen molar-refractivity contribution < 1.29 is 94.7 Å². The van der Waals surface area contributed by atoms with E-state index in [2.05, 4.69) is 0 Å². The number of rotatable bonds is 13. The first-order valence-corrected chi connectivity index (χ1v) is 27.6. The first-order valence-electron chi connectivity index (χ1n) is 16.2. The van der Waals surface area contributed by atoms with E-state index in [9.17, 15) is 94.7 Å². The van der Waals surface area contributed by atoms with E-state index in [0.29, 0.717) is 36.4 Å². The second kappa shape index (κ2) is 15.8. The molecule has 0 aliphatic heterocycles. The zero-order valence-corrected chi connectivity index (χ0v) is 37.0. The lowest BCUT2D eigenvalue weighted by Gasteiger charge is -2.20. The molecule has 6 rings (SSSR count). The topological polar surface area (TPSA) is 436 Å². The Bertz CT molecular complexity index is 3660. The summed E-state index contributed by atoms with van der Waals surface area (Å²) in [5, 5.41) is -3.51. The molecule has 0 saturated carbocycles. The van der Waals surface area contributed by atoms with Crippen LogP contribution < -0.4 is 9.44 Å². The Kier molecular flexibility index (Phi) is 11.9. The minimum atomic E-state index is -5.75. The van der Waals surface area contributed by atoms with Gasteiger partial charge in [0.15, 0.2) is 0 Å². The van der Waals surface area contributed by atoms with E-state index in [1.54, 1.807) is 0 Å². The lowest BCUT2D eigenvalue weighted by atomic mass is 10.1. The average Bonchev–Trinajstić information content (AvgIpc) is 3.14. The third kappa shape index (κ3) is 10.0. The maximum absolute atomic E-state index is 13.5. The number of nitrogens with one attached hydrogen (secondary N) is 2. The molecule has 0 bridgehead atoms. The van der Waals surface area contributed by atoms with Crippen molar-refractivity contribution in [2.45, 2.75) is 39.2 Å². The largest absolute Gasteiger partial charge is 0.744 e. The van der Waals surface area contributed by atoms with Gasteiger partial charge in [-0.15, -0.1) is 0 Å². The molecule has 0 unspecified atom stereocenters. The Morgan fingerprint density at radius 3 is 0.781 bits per heavy atom. The van der Waals surface area contributed by atoms with Gasteiger partial charge in [0, 0.05) is 10.8 Å². The van der Waals surface area contributed by atoms with Crippen LogP contribution in [0.3, 0.4) is 0 Å². The Labute approximate surface area is 362 Å². The van der Waals surface area contributed by atoms with Gasteiger partial charge in [-0.05, 0) is 94.7 Å². The third-order valence-corrected chi connectivity index (χ3v) is 16.5. The van der Waals surface area contributed by atoms with Crippen LogP contribution in [0, 0.1) is 0 Å². The van der Waals surface area contributed by atoms with E-state index in [1.807, 2.05) is 9.44 Å².